The molecule has 0 amide bonds. The van der Waals surface area contributed by atoms with Crippen molar-refractivity contribution in [2.75, 3.05) is 0 Å². The summed E-state index contributed by atoms with van der Waals surface area (Å²) in [5.74, 6) is -1.05. The van der Waals surface area contributed by atoms with Crippen molar-refractivity contribution in [1.82, 2.24) is 14.6 Å². The van der Waals surface area contributed by atoms with Gasteiger partial charge in [-0.05, 0) is 19.4 Å². The summed E-state index contributed by atoms with van der Waals surface area (Å²) in [7, 11) is 0. The van der Waals surface area contributed by atoms with E-state index in [0.717, 1.165) is 16.8 Å². The minimum absolute atomic E-state index is 0.200. The maximum atomic E-state index is 12.5. The highest BCUT2D eigenvalue weighted by molar-refractivity contribution is 5.80. The first-order valence-electron chi connectivity index (χ1n) is 6.87. The van der Waals surface area contributed by atoms with Gasteiger partial charge < -0.3 is 5.11 Å². The molecule has 0 aliphatic heterocycles. The number of hydrogen-bond donors (Lipinski definition) is 2. The van der Waals surface area contributed by atoms with E-state index in [1.54, 1.807) is 6.92 Å². The maximum Gasteiger partial charge on any atom is 0.308 e. The number of aromatic nitrogens is 3. The van der Waals surface area contributed by atoms with Gasteiger partial charge in [-0.3, -0.25) is 14.7 Å². The van der Waals surface area contributed by atoms with Crippen LogP contribution in [0.4, 0.5) is 0 Å². The zero-order valence-corrected chi connectivity index (χ0v) is 12.3. The van der Waals surface area contributed by atoms with E-state index < -0.39 is 5.97 Å². The zero-order chi connectivity index (χ0) is 15.9. The summed E-state index contributed by atoms with van der Waals surface area (Å²) in [6.07, 6.45) is -0.334. The number of hydrogen-bond acceptors (Lipinski definition) is 3. The Balaban J connectivity index is 2.33. The molecule has 0 radical (unpaired) electrons. The molecule has 112 valence electrons. The van der Waals surface area contributed by atoms with Crippen molar-refractivity contribution in [3.63, 3.8) is 0 Å². The molecule has 0 atom stereocenters. The van der Waals surface area contributed by atoms with E-state index in [4.69, 9.17) is 5.11 Å². The van der Waals surface area contributed by atoms with Crippen LogP contribution in [-0.4, -0.2) is 25.7 Å². The Hall–Kier alpha value is -2.89. The van der Waals surface area contributed by atoms with Gasteiger partial charge in [0, 0.05) is 17.0 Å². The molecule has 2 heterocycles. The highest BCUT2D eigenvalue weighted by atomic mass is 16.4. The van der Waals surface area contributed by atoms with Gasteiger partial charge in [0.1, 0.15) is 0 Å². The first kappa shape index (κ1) is 14.1. The van der Waals surface area contributed by atoms with E-state index in [1.807, 2.05) is 37.3 Å². The van der Waals surface area contributed by atoms with E-state index in [2.05, 4.69) is 10.1 Å². The molecule has 0 bridgehead atoms. The van der Waals surface area contributed by atoms with Crippen molar-refractivity contribution in [1.29, 1.82) is 0 Å². The van der Waals surface area contributed by atoms with E-state index >= 15 is 0 Å². The standard InChI is InChI=1S/C16H15N3O3/c1-9-12(8-13(20)21)16(22)19-15(17-9)14(10(2)18-19)11-6-4-3-5-7-11/h3-7,18H,8H2,1-2H3,(H,20,21). The summed E-state index contributed by atoms with van der Waals surface area (Å²) >= 11 is 0. The van der Waals surface area contributed by atoms with Gasteiger partial charge in [0.15, 0.2) is 5.65 Å². The first-order valence-corrected chi connectivity index (χ1v) is 6.87. The second kappa shape index (κ2) is 5.14. The number of nitrogens with zero attached hydrogens (tertiary/aromatic N) is 2. The lowest BCUT2D eigenvalue weighted by molar-refractivity contribution is -0.136. The molecule has 0 spiro atoms. The minimum Gasteiger partial charge on any atom is -0.481 e. The van der Waals surface area contributed by atoms with Crippen LogP contribution in [0.5, 0.6) is 0 Å². The second-order valence-corrected chi connectivity index (χ2v) is 5.19. The van der Waals surface area contributed by atoms with Crippen molar-refractivity contribution in [2.45, 2.75) is 20.3 Å². The molecule has 2 N–H and O–H groups in total. The zero-order valence-electron chi connectivity index (χ0n) is 12.3. The van der Waals surface area contributed by atoms with Crippen LogP contribution in [0.25, 0.3) is 16.8 Å². The Bertz CT molecular complexity index is 923. The molecule has 22 heavy (non-hydrogen) atoms. The van der Waals surface area contributed by atoms with Gasteiger partial charge in [0.05, 0.1) is 12.0 Å². The van der Waals surface area contributed by atoms with Gasteiger partial charge in [-0.2, -0.15) is 0 Å². The third-order valence-electron chi connectivity index (χ3n) is 3.65. The van der Waals surface area contributed by atoms with Gasteiger partial charge in [0.2, 0.25) is 0 Å². The SMILES string of the molecule is Cc1nc2c(-c3ccccc3)c(C)[nH]n2c(=O)c1CC(=O)O. The normalized spacial score (nSPS) is 11.0. The largest absolute Gasteiger partial charge is 0.481 e. The van der Waals surface area contributed by atoms with Crippen molar-refractivity contribution in [2.24, 2.45) is 0 Å². The number of fused-ring (bicyclic) bond motifs is 1. The monoisotopic (exact) mass is 297 g/mol. The lowest BCUT2D eigenvalue weighted by Crippen LogP contribution is -2.24. The number of carboxylic acids is 1. The number of H-pyrrole nitrogens is 1. The number of aliphatic carboxylic acids is 1. The summed E-state index contributed by atoms with van der Waals surface area (Å²) in [6, 6.07) is 9.65. The van der Waals surface area contributed by atoms with Crippen LogP contribution in [0.3, 0.4) is 0 Å². The number of aromatic amines is 1. The van der Waals surface area contributed by atoms with Crippen molar-refractivity contribution in [3.05, 3.63) is 57.6 Å². The molecule has 0 fully saturated rings. The smallest absolute Gasteiger partial charge is 0.308 e. The molecule has 0 saturated heterocycles. The molecule has 0 aliphatic rings. The van der Waals surface area contributed by atoms with Gasteiger partial charge in [-0.25, -0.2) is 9.50 Å². The van der Waals surface area contributed by atoms with E-state index in [1.165, 1.54) is 4.52 Å². The fourth-order valence-electron chi connectivity index (χ4n) is 2.63. The molecule has 2 aromatic heterocycles. The molecule has 1 aromatic carbocycles. The molecule has 3 aromatic rings. The fourth-order valence-corrected chi connectivity index (χ4v) is 2.63. The summed E-state index contributed by atoms with van der Waals surface area (Å²) < 4.78 is 1.32. The summed E-state index contributed by atoms with van der Waals surface area (Å²) in [5.41, 5.74) is 3.41. The Morgan fingerprint density at radius 2 is 1.95 bits per heavy atom. The quantitative estimate of drug-likeness (QED) is 0.773. The van der Waals surface area contributed by atoms with Crippen molar-refractivity contribution < 1.29 is 9.90 Å². The number of carbonyl (C=O) groups is 1. The maximum absolute atomic E-state index is 12.5. The summed E-state index contributed by atoms with van der Waals surface area (Å²) in [5, 5.41) is 11.9. The van der Waals surface area contributed by atoms with Crippen LogP contribution >= 0.6 is 0 Å². The van der Waals surface area contributed by atoms with E-state index in [9.17, 15) is 9.59 Å². The third-order valence-corrected chi connectivity index (χ3v) is 3.65. The van der Waals surface area contributed by atoms with E-state index in [-0.39, 0.29) is 17.5 Å². The summed E-state index contributed by atoms with van der Waals surface area (Å²) in [6.45, 7) is 3.53. The molecule has 6 nitrogen and oxygen atoms in total. The summed E-state index contributed by atoms with van der Waals surface area (Å²) in [4.78, 5) is 27.9. The van der Waals surface area contributed by atoms with Crippen LogP contribution in [-0.2, 0) is 11.2 Å². The van der Waals surface area contributed by atoms with Crippen molar-refractivity contribution >= 4 is 11.6 Å². The fraction of sp³-hybridized carbons (Fsp3) is 0.188. The number of rotatable bonds is 3. The molecule has 6 heteroatoms. The van der Waals surface area contributed by atoms with Crippen LogP contribution in [0.1, 0.15) is 17.0 Å². The lowest BCUT2D eigenvalue weighted by atomic mass is 10.1. The number of carboxylic acid groups (broad SMARTS) is 1. The molecule has 0 aliphatic carbocycles. The van der Waals surface area contributed by atoms with Crippen LogP contribution in [0, 0.1) is 13.8 Å². The van der Waals surface area contributed by atoms with Gasteiger partial charge >= 0.3 is 5.97 Å². The van der Waals surface area contributed by atoms with Crippen molar-refractivity contribution in [3.8, 4) is 11.1 Å². The van der Waals surface area contributed by atoms with Crippen LogP contribution < -0.4 is 5.56 Å². The van der Waals surface area contributed by atoms with E-state index in [0.29, 0.717) is 11.3 Å². The predicted molar refractivity (Wildman–Crippen MR) is 82.1 cm³/mol. The third kappa shape index (κ3) is 2.18. The number of aryl methyl sites for hydroxylation is 2. The lowest BCUT2D eigenvalue weighted by Gasteiger charge is -2.04. The molecule has 3 rings (SSSR count). The molecule has 0 saturated carbocycles. The topological polar surface area (TPSA) is 87.5 Å². The van der Waals surface area contributed by atoms with Crippen LogP contribution in [0.15, 0.2) is 35.1 Å². The molecular weight excluding hydrogens is 282 g/mol. The predicted octanol–water partition coefficient (Wildman–Crippen LogP) is 1.93. The first-order chi connectivity index (χ1) is 10.5. The van der Waals surface area contributed by atoms with Gasteiger partial charge in [-0.1, -0.05) is 30.3 Å². The Morgan fingerprint density at radius 1 is 1.27 bits per heavy atom. The highest BCUT2D eigenvalue weighted by Gasteiger charge is 2.18. The Labute approximate surface area is 126 Å². The average molecular weight is 297 g/mol. The number of nitrogens with one attached hydrogen (secondary N) is 1. The van der Waals surface area contributed by atoms with Gasteiger partial charge in [-0.15, -0.1) is 0 Å². The Morgan fingerprint density at radius 3 is 2.59 bits per heavy atom. The Kier molecular flexibility index (Phi) is 3.29. The molecular formula is C16H15N3O3. The van der Waals surface area contributed by atoms with Gasteiger partial charge in [0.25, 0.3) is 5.56 Å². The second-order valence-electron chi connectivity index (χ2n) is 5.19. The minimum atomic E-state index is -1.05. The highest BCUT2D eigenvalue weighted by Crippen LogP contribution is 2.26. The molecule has 0 unspecified atom stereocenters. The van der Waals surface area contributed by atoms with Crippen LogP contribution in [0.2, 0.25) is 0 Å². The number of benzene rings is 1. The average Bonchev–Trinajstić information content (AvgIpc) is 2.80.